The lowest BCUT2D eigenvalue weighted by Gasteiger charge is -2.07. The molecule has 0 atom stereocenters. The first-order valence-corrected chi connectivity index (χ1v) is 5.47. The largest absolute Gasteiger partial charge is 0.417 e. The molecule has 0 saturated carbocycles. The third-order valence-corrected chi connectivity index (χ3v) is 2.16. The van der Waals surface area contributed by atoms with Crippen LogP contribution in [0.25, 0.3) is 0 Å². The first kappa shape index (κ1) is 21.3. The van der Waals surface area contributed by atoms with Gasteiger partial charge in [0.1, 0.15) is 5.69 Å². The molecule has 0 radical (unpaired) electrons. The van der Waals surface area contributed by atoms with Gasteiger partial charge in [0.25, 0.3) is 5.91 Å². The van der Waals surface area contributed by atoms with Crippen molar-refractivity contribution in [1.29, 1.82) is 0 Å². The summed E-state index contributed by atoms with van der Waals surface area (Å²) in [6.45, 7) is 3.71. The lowest BCUT2D eigenvalue weighted by molar-refractivity contribution is -0.137. The molecule has 116 valence electrons. The Morgan fingerprint density at radius 2 is 1.90 bits per heavy atom. The summed E-state index contributed by atoms with van der Waals surface area (Å²) >= 11 is 0. The Kier molecular flexibility index (Phi) is 10.4. The summed E-state index contributed by atoms with van der Waals surface area (Å²) in [5, 5.41) is 5.55. The summed E-state index contributed by atoms with van der Waals surface area (Å²) in [5.41, 5.74) is -0.897. The van der Waals surface area contributed by atoms with Crippen molar-refractivity contribution in [1.82, 2.24) is 15.6 Å². The Morgan fingerprint density at radius 3 is 2.35 bits per heavy atom. The predicted molar refractivity (Wildman–Crippen MR) is 74.6 cm³/mol. The first-order chi connectivity index (χ1) is 8.45. The SMILES string of the molecule is CCNCCNC(=O)c1ccc(C(F)(F)F)cn1.Cl.Cl. The fourth-order valence-electron chi connectivity index (χ4n) is 1.23. The zero-order valence-corrected chi connectivity index (χ0v) is 12.3. The fourth-order valence-corrected chi connectivity index (χ4v) is 1.23. The maximum Gasteiger partial charge on any atom is 0.417 e. The number of pyridine rings is 1. The molecule has 0 aromatic carbocycles. The second-order valence-corrected chi connectivity index (χ2v) is 3.54. The van der Waals surface area contributed by atoms with Crippen LogP contribution in [0.2, 0.25) is 0 Å². The van der Waals surface area contributed by atoms with E-state index in [1.54, 1.807) is 0 Å². The molecule has 1 aromatic heterocycles. The van der Waals surface area contributed by atoms with Gasteiger partial charge in [-0.2, -0.15) is 13.2 Å². The second kappa shape index (κ2) is 9.79. The highest BCUT2D eigenvalue weighted by Crippen LogP contribution is 2.28. The molecule has 20 heavy (non-hydrogen) atoms. The third-order valence-electron chi connectivity index (χ3n) is 2.16. The number of nitrogens with one attached hydrogen (secondary N) is 2. The van der Waals surface area contributed by atoms with Crippen LogP contribution in [0.1, 0.15) is 23.0 Å². The van der Waals surface area contributed by atoms with Gasteiger partial charge in [0.15, 0.2) is 0 Å². The van der Waals surface area contributed by atoms with E-state index in [2.05, 4.69) is 15.6 Å². The highest BCUT2D eigenvalue weighted by molar-refractivity contribution is 5.92. The number of carbonyl (C=O) groups excluding carboxylic acids is 1. The van der Waals surface area contributed by atoms with Gasteiger partial charge < -0.3 is 10.6 Å². The van der Waals surface area contributed by atoms with Crippen LogP contribution < -0.4 is 10.6 Å². The normalized spacial score (nSPS) is 10.2. The molecule has 2 N–H and O–H groups in total. The molecule has 0 fully saturated rings. The van der Waals surface area contributed by atoms with Crippen molar-refractivity contribution in [2.24, 2.45) is 0 Å². The monoisotopic (exact) mass is 333 g/mol. The Balaban J connectivity index is 0. The summed E-state index contributed by atoms with van der Waals surface area (Å²) in [6.07, 6.45) is -3.79. The standard InChI is InChI=1S/C11H14F3N3O.2ClH/c1-2-15-5-6-16-10(18)9-4-3-8(7-17-9)11(12,13)14;;/h3-4,7,15H,2,5-6H2,1H3,(H,16,18);2*1H. The van der Waals surface area contributed by atoms with Crippen LogP contribution >= 0.6 is 24.8 Å². The van der Waals surface area contributed by atoms with Crippen LogP contribution in [0, 0.1) is 0 Å². The van der Waals surface area contributed by atoms with Gasteiger partial charge in [0, 0.05) is 19.3 Å². The zero-order chi connectivity index (χ0) is 13.6. The molecule has 0 unspecified atom stereocenters. The Labute approximate surface area is 127 Å². The van der Waals surface area contributed by atoms with Crippen LogP contribution in [0.4, 0.5) is 13.2 Å². The van der Waals surface area contributed by atoms with Crippen molar-refractivity contribution in [3.63, 3.8) is 0 Å². The van der Waals surface area contributed by atoms with E-state index in [-0.39, 0.29) is 30.5 Å². The van der Waals surface area contributed by atoms with Gasteiger partial charge in [-0.25, -0.2) is 0 Å². The molecule has 1 heterocycles. The topological polar surface area (TPSA) is 54.0 Å². The van der Waals surface area contributed by atoms with E-state index < -0.39 is 17.6 Å². The minimum absolute atomic E-state index is 0. The number of carbonyl (C=O) groups is 1. The smallest absolute Gasteiger partial charge is 0.349 e. The van der Waals surface area contributed by atoms with Gasteiger partial charge in [0.05, 0.1) is 5.56 Å². The van der Waals surface area contributed by atoms with Gasteiger partial charge in [-0.3, -0.25) is 9.78 Å². The molecule has 4 nitrogen and oxygen atoms in total. The Morgan fingerprint density at radius 1 is 1.25 bits per heavy atom. The van der Waals surface area contributed by atoms with E-state index >= 15 is 0 Å². The molecular formula is C11H16Cl2F3N3O. The van der Waals surface area contributed by atoms with E-state index in [0.29, 0.717) is 19.3 Å². The number of amides is 1. The van der Waals surface area contributed by atoms with Crippen LogP contribution in [-0.4, -0.2) is 30.5 Å². The minimum atomic E-state index is -4.44. The summed E-state index contributed by atoms with van der Waals surface area (Å²) in [4.78, 5) is 15.0. The molecule has 0 aliphatic carbocycles. The lowest BCUT2D eigenvalue weighted by Crippen LogP contribution is -2.32. The number of hydrogen-bond acceptors (Lipinski definition) is 3. The maximum absolute atomic E-state index is 12.3. The number of halogens is 5. The van der Waals surface area contributed by atoms with E-state index in [1.807, 2.05) is 6.92 Å². The molecule has 0 bridgehead atoms. The van der Waals surface area contributed by atoms with Crippen molar-refractivity contribution in [3.05, 3.63) is 29.6 Å². The number of rotatable bonds is 5. The predicted octanol–water partition coefficient (Wildman–Crippen LogP) is 2.28. The molecule has 9 heteroatoms. The van der Waals surface area contributed by atoms with Crippen molar-refractivity contribution < 1.29 is 18.0 Å². The molecule has 0 aliphatic heterocycles. The average molecular weight is 334 g/mol. The molecule has 0 saturated heterocycles. The molecule has 1 rings (SSSR count). The van der Waals surface area contributed by atoms with Crippen LogP contribution in [0.5, 0.6) is 0 Å². The van der Waals surface area contributed by atoms with E-state index in [4.69, 9.17) is 0 Å². The van der Waals surface area contributed by atoms with Gasteiger partial charge >= 0.3 is 6.18 Å². The quantitative estimate of drug-likeness (QED) is 0.813. The van der Waals surface area contributed by atoms with Gasteiger partial charge in [-0.15, -0.1) is 24.8 Å². The van der Waals surface area contributed by atoms with Crippen molar-refractivity contribution in [3.8, 4) is 0 Å². The lowest BCUT2D eigenvalue weighted by atomic mass is 10.2. The molecule has 0 aliphatic rings. The zero-order valence-electron chi connectivity index (χ0n) is 10.7. The van der Waals surface area contributed by atoms with Crippen molar-refractivity contribution in [2.45, 2.75) is 13.1 Å². The summed E-state index contributed by atoms with van der Waals surface area (Å²) in [6, 6.07) is 1.90. The highest BCUT2D eigenvalue weighted by Gasteiger charge is 2.30. The first-order valence-electron chi connectivity index (χ1n) is 5.47. The second-order valence-electron chi connectivity index (χ2n) is 3.54. The van der Waals surface area contributed by atoms with E-state index in [0.717, 1.165) is 18.7 Å². The Hall–Kier alpha value is -1.05. The summed E-state index contributed by atoms with van der Waals surface area (Å²) < 4.78 is 36.8. The van der Waals surface area contributed by atoms with Crippen molar-refractivity contribution in [2.75, 3.05) is 19.6 Å². The number of aromatic nitrogens is 1. The maximum atomic E-state index is 12.3. The molecule has 1 amide bonds. The third kappa shape index (κ3) is 6.93. The van der Waals surface area contributed by atoms with Gasteiger partial charge in [-0.05, 0) is 18.7 Å². The van der Waals surface area contributed by atoms with Gasteiger partial charge in [-0.1, -0.05) is 6.92 Å². The number of alkyl halides is 3. The van der Waals surface area contributed by atoms with Crippen molar-refractivity contribution >= 4 is 30.7 Å². The molecule has 1 aromatic rings. The average Bonchev–Trinajstić information content (AvgIpc) is 2.33. The van der Waals surface area contributed by atoms with Crippen LogP contribution in [0.15, 0.2) is 18.3 Å². The molecular weight excluding hydrogens is 318 g/mol. The van der Waals surface area contributed by atoms with E-state index in [9.17, 15) is 18.0 Å². The van der Waals surface area contributed by atoms with Crippen LogP contribution in [-0.2, 0) is 6.18 Å². The fraction of sp³-hybridized carbons (Fsp3) is 0.455. The Bertz CT molecular complexity index is 399. The molecule has 0 spiro atoms. The highest BCUT2D eigenvalue weighted by atomic mass is 35.5. The number of hydrogen-bond donors (Lipinski definition) is 2. The summed E-state index contributed by atoms with van der Waals surface area (Å²) in [5.74, 6) is -0.485. The summed E-state index contributed by atoms with van der Waals surface area (Å²) in [7, 11) is 0. The van der Waals surface area contributed by atoms with Gasteiger partial charge in [0.2, 0.25) is 0 Å². The number of nitrogens with zero attached hydrogens (tertiary/aromatic N) is 1. The number of likely N-dealkylation sites (N-methyl/N-ethyl adjacent to an activating group) is 1. The van der Waals surface area contributed by atoms with Crippen LogP contribution in [0.3, 0.4) is 0 Å². The van der Waals surface area contributed by atoms with E-state index in [1.165, 1.54) is 0 Å². The minimum Gasteiger partial charge on any atom is -0.349 e.